The number of hydrogen-bond acceptors (Lipinski definition) is 5. The van der Waals surface area contributed by atoms with Gasteiger partial charge >= 0.3 is 5.63 Å². The van der Waals surface area contributed by atoms with Crippen LogP contribution in [0.2, 0.25) is 0 Å². The van der Waals surface area contributed by atoms with Crippen molar-refractivity contribution in [2.45, 2.75) is 26.1 Å². The first-order valence-electron chi connectivity index (χ1n) is 9.69. The molecule has 0 unspecified atom stereocenters. The highest BCUT2D eigenvalue weighted by Gasteiger charge is 2.26. The molecule has 0 spiro atoms. The van der Waals surface area contributed by atoms with Gasteiger partial charge in [0.15, 0.2) is 6.61 Å². The molecular weight excluding hydrogens is 370 g/mol. The lowest BCUT2D eigenvalue weighted by Crippen LogP contribution is -2.49. The zero-order valence-electron chi connectivity index (χ0n) is 16.5. The van der Waals surface area contributed by atoms with Crippen molar-refractivity contribution in [3.05, 3.63) is 65.0 Å². The maximum Gasteiger partial charge on any atom is 0.336 e. The molecule has 6 heteroatoms. The quantitative estimate of drug-likeness (QED) is 0.635. The second kappa shape index (κ2) is 8.09. The minimum Gasteiger partial charge on any atom is -0.484 e. The van der Waals surface area contributed by atoms with Crippen LogP contribution in [0.3, 0.4) is 0 Å². The zero-order valence-corrected chi connectivity index (χ0v) is 16.5. The van der Waals surface area contributed by atoms with Crippen molar-refractivity contribution in [1.82, 2.24) is 4.90 Å². The van der Waals surface area contributed by atoms with E-state index in [0.29, 0.717) is 24.4 Å². The van der Waals surface area contributed by atoms with Crippen LogP contribution in [-0.4, -0.2) is 42.7 Å². The van der Waals surface area contributed by atoms with Crippen LogP contribution in [0.1, 0.15) is 13.8 Å². The highest BCUT2D eigenvalue weighted by molar-refractivity contribution is 5.93. The van der Waals surface area contributed by atoms with Gasteiger partial charge in [-0.2, -0.15) is 0 Å². The van der Waals surface area contributed by atoms with Crippen molar-refractivity contribution in [3.8, 4) is 16.9 Å². The Balaban J connectivity index is 1.54. The molecule has 3 aromatic rings. The molecule has 2 aromatic carbocycles. The maximum atomic E-state index is 12.5. The normalized spacial score (nSPS) is 19.3. The van der Waals surface area contributed by atoms with Crippen molar-refractivity contribution in [2.75, 3.05) is 19.7 Å². The summed E-state index contributed by atoms with van der Waals surface area (Å²) in [6.07, 6.45) is 0.0168. The number of benzene rings is 2. The second-order valence-electron chi connectivity index (χ2n) is 7.35. The summed E-state index contributed by atoms with van der Waals surface area (Å²) in [6, 6.07) is 16.4. The average Bonchev–Trinajstić information content (AvgIpc) is 2.71. The van der Waals surface area contributed by atoms with E-state index < -0.39 is 5.63 Å². The Labute approximate surface area is 168 Å². The van der Waals surface area contributed by atoms with Gasteiger partial charge in [0.1, 0.15) is 11.3 Å². The van der Waals surface area contributed by atoms with Crippen LogP contribution in [0, 0.1) is 0 Å². The van der Waals surface area contributed by atoms with Gasteiger partial charge in [-0.05, 0) is 37.1 Å². The van der Waals surface area contributed by atoms with Gasteiger partial charge in [0.25, 0.3) is 5.91 Å². The summed E-state index contributed by atoms with van der Waals surface area (Å²) < 4.78 is 16.7. The van der Waals surface area contributed by atoms with Gasteiger partial charge in [-0.15, -0.1) is 0 Å². The summed E-state index contributed by atoms with van der Waals surface area (Å²) >= 11 is 0. The Morgan fingerprint density at radius 2 is 1.79 bits per heavy atom. The van der Waals surface area contributed by atoms with Crippen LogP contribution in [-0.2, 0) is 9.53 Å². The highest BCUT2D eigenvalue weighted by atomic mass is 16.5. The van der Waals surface area contributed by atoms with Crippen molar-refractivity contribution in [2.24, 2.45) is 0 Å². The molecule has 1 fully saturated rings. The van der Waals surface area contributed by atoms with E-state index in [0.717, 1.165) is 16.5 Å². The van der Waals surface area contributed by atoms with Gasteiger partial charge in [0.05, 0.1) is 12.2 Å². The average molecular weight is 393 g/mol. The largest absolute Gasteiger partial charge is 0.484 e. The molecule has 1 aromatic heterocycles. The first-order valence-corrected chi connectivity index (χ1v) is 9.69. The third-order valence-corrected chi connectivity index (χ3v) is 4.94. The molecule has 1 saturated heterocycles. The fourth-order valence-electron chi connectivity index (χ4n) is 3.71. The summed E-state index contributed by atoms with van der Waals surface area (Å²) in [4.78, 5) is 26.3. The molecule has 2 heterocycles. The minimum atomic E-state index is -0.430. The summed E-state index contributed by atoms with van der Waals surface area (Å²) in [5, 5.41) is 0.810. The molecule has 1 amide bonds. The molecule has 1 aliphatic heterocycles. The summed E-state index contributed by atoms with van der Waals surface area (Å²) in [5.74, 6) is 0.389. The number of ether oxygens (including phenoxy) is 2. The van der Waals surface area contributed by atoms with Gasteiger partial charge in [-0.1, -0.05) is 30.3 Å². The summed E-state index contributed by atoms with van der Waals surface area (Å²) in [6.45, 7) is 4.94. The molecule has 29 heavy (non-hydrogen) atoms. The van der Waals surface area contributed by atoms with E-state index in [9.17, 15) is 9.59 Å². The number of hydrogen-bond donors (Lipinski definition) is 0. The predicted octanol–water partition coefficient (Wildman–Crippen LogP) is 3.47. The van der Waals surface area contributed by atoms with E-state index in [-0.39, 0.29) is 24.7 Å². The lowest BCUT2D eigenvalue weighted by Gasteiger charge is -2.35. The SMILES string of the molecule is C[C@@H]1CN(C(=O)COc2ccc3c(-c4ccccc4)cc(=O)oc3c2)C[C@@H](C)O1. The Morgan fingerprint density at radius 3 is 2.52 bits per heavy atom. The first-order chi connectivity index (χ1) is 14.0. The van der Waals surface area contributed by atoms with Gasteiger partial charge in [-0.3, -0.25) is 4.79 Å². The third-order valence-electron chi connectivity index (χ3n) is 4.94. The smallest absolute Gasteiger partial charge is 0.336 e. The standard InChI is InChI=1S/C23H23NO5/c1-15-12-24(13-16(2)28-15)22(25)14-27-18-8-9-19-20(17-6-4-3-5-7-17)11-23(26)29-21(19)10-18/h3-11,15-16H,12-14H2,1-2H3/t15-,16-/m1/s1. The third kappa shape index (κ3) is 4.32. The topological polar surface area (TPSA) is 69.0 Å². The van der Waals surface area contributed by atoms with E-state index in [1.807, 2.05) is 50.2 Å². The minimum absolute atomic E-state index is 0.00838. The Kier molecular flexibility index (Phi) is 5.36. The Hall–Kier alpha value is -3.12. The first kappa shape index (κ1) is 19.2. The molecule has 2 atom stereocenters. The van der Waals surface area contributed by atoms with Gasteiger partial charge in [0, 0.05) is 30.6 Å². The fourth-order valence-corrected chi connectivity index (χ4v) is 3.71. The number of amides is 1. The van der Waals surface area contributed by atoms with E-state index >= 15 is 0 Å². The summed E-state index contributed by atoms with van der Waals surface area (Å²) in [5.41, 5.74) is 1.73. The molecule has 0 bridgehead atoms. The highest BCUT2D eigenvalue weighted by Crippen LogP contribution is 2.29. The molecule has 6 nitrogen and oxygen atoms in total. The van der Waals surface area contributed by atoms with Crippen molar-refractivity contribution in [1.29, 1.82) is 0 Å². The van der Waals surface area contributed by atoms with Crippen LogP contribution in [0.4, 0.5) is 0 Å². The van der Waals surface area contributed by atoms with Crippen molar-refractivity contribution < 1.29 is 18.7 Å². The maximum absolute atomic E-state index is 12.5. The van der Waals surface area contributed by atoms with E-state index in [4.69, 9.17) is 13.9 Å². The number of morpholine rings is 1. The lowest BCUT2D eigenvalue weighted by atomic mass is 10.0. The molecule has 0 radical (unpaired) electrons. The molecular formula is C23H23NO5. The molecule has 0 aliphatic carbocycles. The van der Waals surface area contributed by atoms with E-state index in [1.54, 1.807) is 17.0 Å². The predicted molar refractivity (Wildman–Crippen MR) is 110 cm³/mol. The Morgan fingerprint density at radius 1 is 1.07 bits per heavy atom. The van der Waals surface area contributed by atoms with Crippen molar-refractivity contribution in [3.63, 3.8) is 0 Å². The Bertz CT molecular complexity index is 1070. The van der Waals surface area contributed by atoms with E-state index in [1.165, 1.54) is 6.07 Å². The van der Waals surface area contributed by atoms with Gasteiger partial charge < -0.3 is 18.8 Å². The van der Waals surface area contributed by atoms with Crippen LogP contribution in [0.15, 0.2) is 63.8 Å². The van der Waals surface area contributed by atoms with Crippen LogP contribution in [0.5, 0.6) is 5.75 Å². The number of rotatable bonds is 4. The number of carbonyl (C=O) groups is 1. The number of fused-ring (bicyclic) bond motifs is 1. The monoisotopic (exact) mass is 393 g/mol. The molecule has 0 saturated carbocycles. The molecule has 1 aliphatic rings. The number of carbonyl (C=O) groups excluding carboxylic acids is 1. The van der Waals surface area contributed by atoms with E-state index in [2.05, 4.69) is 0 Å². The zero-order chi connectivity index (χ0) is 20.4. The summed E-state index contributed by atoms with van der Waals surface area (Å²) in [7, 11) is 0. The molecule has 4 rings (SSSR count). The van der Waals surface area contributed by atoms with Crippen LogP contribution >= 0.6 is 0 Å². The van der Waals surface area contributed by atoms with Gasteiger partial charge in [-0.25, -0.2) is 4.79 Å². The van der Waals surface area contributed by atoms with Gasteiger partial charge in [0.2, 0.25) is 0 Å². The van der Waals surface area contributed by atoms with Crippen molar-refractivity contribution >= 4 is 16.9 Å². The second-order valence-corrected chi connectivity index (χ2v) is 7.35. The van der Waals surface area contributed by atoms with Crippen LogP contribution < -0.4 is 10.4 Å². The fraction of sp³-hybridized carbons (Fsp3) is 0.304. The molecule has 0 N–H and O–H groups in total. The lowest BCUT2D eigenvalue weighted by molar-refractivity contribution is -0.145. The molecule has 150 valence electrons. The number of nitrogens with zero attached hydrogens (tertiary/aromatic N) is 1. The van der Waals surface area contributed by atoms with Crippen LogP contribution in [0.25, 0.3) is 22.1 Å².